The maximum atomic E-state index is 11.7. The molecule has 0 spiro atoms. The van der Waals surface area contributed by atoms with Gasteiger partial charge in [0, 0.05) is 12.3 Å². The predicted molar refractivity (Wildman–Crippen MR) is 77.5 cm³/mol. The van der Waals surface area contributed by atoms with Crippen molar-refractivity contribution in [3.63, 3.8) is 0 Å². The molecule has 0 bridgehead atoms. The minimum atomic E-state index is -0.407. The first-order valence-corrected chi connectivity index (χ1v) is 7.40. The van der Waals surface area contributed by atoms with Crippen molar-refractivity contribution < 1.29 is 9.53 Å². The molecule has 3 heteroatoms. The number of carbonyl (C=O) groups excluding carboxylic acids is 1. The molecule has 0 saturated carbocycles. The van der Waals surface area contributed by atoms with Gasteiger partial charge < -0.3 is 4.74 Å². The molecule has 0 saturated heterocycles. The maximum Gasteiger partial charge on any atom is 0.306 e. The number of nitrogens with zero attached hydrogens (tertiary/aromatic N) is 1. The van der Waals surface area contributed by atoms with E-state index < -0.39 is 5.60 Å². The Hall–Kier alpha value is -1.04. The summed E-state index contributed by atoms with van der Waals surface area (Å²) in [5, 5.41) is 8.90. The van der Waals surface area contributed by atoms with E-state index in [0.29, 0.717) is 12.3 Å². The highest BCUT2D eigenvalue weighted by Crippen LogP contribution is 2.23. The molecule has 0 rings (SSSR count). The van der Waals surface area contributed by atoms with Gasteiger partial charge in [-0.25, -0.2) is 0 Å². The van der Waals surface area contributed by atoms with Gasteiger partial charge in [-0.2, -0.15) is 5.26 Å². The number of carbonyl (C=O) groups is 1. The lowest BCUT2D eigenvalue weighted by molar-refractivity contribution is -0.155. The molecule has 0 aliphatic carbocycles. The molecule has 0 amide bonds. The zero-order valence-corrected chi connectivity index (χ0v) is 13.2. The first-order valence-electron chi connectivity index (χ1n) is 7.40. The van der Waals surface area contributed by atoms with Crippen molar-refractivity contribution in [2.24, 2.45) is 11.8 Å². The zero-order chi connectivity index (χ0) is 14.9. The van der Waals surface area contributed by atoms with Crippen LogP contribution in [0.15, 0.2) is 0 Å². The third-order valence-corrected chi connectivity index (χ3v) is 3.05. The lowest BCUT2D eigenvalue weighted by atomic mass is 9.88. The van der Waals surface area contributed by atoms with Gasteiger partial charge in [-0.3, -0.25) is 4.79 Å². The Morgan fingerprint density at radius 1 is 1.32 bits per heavy atom. The van der Waals surface area contributed by atoms with Crippen LogP contribution in [0.2, 0.25) is 0 Å². The van der Waals surface area contributed by atoms with E-state index in [9.17, 15) is 4.79 Å². The summed E-state index contributed by atoms with van der Waals surface area (Å²) >= 11 is 0. The van der Waals surface area contributed by atoms with Crippen molar-refractivity contribution in [3.8, 4) is 6.07 Å². The number of hydrogen-bond acceptors (Lipinski definition) is 3. The van der Waals surface area contributed by atoms with Gasteiger partial charge in [-0.15, -0.1) is 0 Å². The number of nitriles is 1. The zero-order valence-electron chi connectivity index (χ0n) is 13.2. The van der Waals surface area contributed by atoms with Gasteiger partial charge in [0.1, 0.15) is 5.60 Å². The topological polar surface area (TPSA) is 50.1 Å². The van der Waals surface area contributed by atoms with Gasteiger partial charge >= 0.3 is 5.97 Å². The van der Waals surface area contributed by atoms with E-state index in [1.165, 1.54) is 0 Å². The molecule has 0 heterocycles. The Morgan fingerprint density at radius 2 is 1.95 bits per heavy atom. The van der Waals surface area contributed by atoms with Crippen LogP contribution in [0, 0.1) is 23.2 Å². The van der Waals surface area contributed by atoms with Crippen LogP contribution >= 0.6 is 0 Å². The summed E-state index contributed by atoms with van der Waals surface area (Å²) in [7, 11) is 0. The van der Waals surface area contributed by atoms with Crippen molar-refractivity contribution in [2.75, 3.05) is 0 Å². The largest absolute Gasteiger partial charge is 0.460 e. The molecule has 110 valence electrons. The number of unbranched alkanes of at least 4 members (excludes halogenated alkanes) is 1. The molecule has 3 nitrogen and oxygen atoms in total. The van der Waals surface area contributed by atoms with E-state index in [-0.39, 0.29) is 11.9 Å². The molecule has 0 radical (unpaired) electrons. The summed E-state index contributed by atoms with van der Waals surface area (Å²) in [6, 6.07) is 2.28. The number of esters is 1. The van der Waals surface area contributed by atoms with Crippen LogP contribution in [-0.4, -0.2) is 11.6 Å². The molecule has 0 aromatic heterocycles. The third-order valence-electron chi connectivity index (χ3n) is 3.05. The van der Waals surface area contributed by atoms with Gasteiger partial charge in [0.2, 0.25) is 0 Å². The van der Waals surface area contributed by atoms with E-state index >= 15 is 0 Å². The Bertz CT molecular complexity index is 299. The van der Waals surface area contributed by atoms with Gasteiger partial charge in [0.15, 0.2) is 0 Å². The minimum Gasteiger partial charge on any atom is -0.460 e. The standard InChI is InChI=1S/C16H29NO2/c1-6-7-8-14(11-13(2)12-17)9-10-15(18)19-16(3,4)5/h13-14H,6-11H2,1-5H3. The highest BCUT2D eigenvalue weighted by Gasteiger charge is 2.19. The Labute approximate surface area is 118 Å². The fourth-order valence-corrected chi connectivity index (χ4v) is 2.14. The summed E-state index contributed by atoms with van der Waals surface area (Å²) in [6.45, 7) is 9.77. The van der Waals surface area contributed by atoms with Crippen LogP contribution in [0.3, 0.4) is 0 Å². The average molecular weight is 267 g/mol. The SMILES string of the molecule is CCCCC(CCC(=O)OC(C)(C)C)CC(C)C#N. The molecule has 19 heavy (non-hydrogen) atoms. The van der Waals surface area contributed by atoms with E-state index in [0.717, 1.165) is 32.1 Å². The number of rotatable bonds is 8. The second-order valence-electron chi connectivity index (χ2n) is 6.40. The van der Waals surface area contributed by atoms with Crippen molar-refractivity contribution in [1.82, 2.24) is 0 Å². The summed E-state index contributed by atoms with van der Waals surface area (Å²) in [6.07, 6.45) is 5.61. The monoisotopic (exact) mass is 267 g/mol. The molecule has 0 aliphatic heterocycles. The molecule has 0 N–H and O–H groups in total. The van der Waals surface area contributed by atoms with Gasteiger partial charge in [0.05, 0.1) is 6.07 Å². The van der Waals surface area contributed by atoms with Crippen molar-refractivity contribution in [2.45, 2.75) is 78.7 Å². The number of hydrogen-bond donors (Lipinski definition) is 0. The lowest BCUT2D eigenvalue weighted by Gasteiger charge is -2.21. The molecule has 0 aromatic rings. The van der Waals surface area contributed by atoms with Crippen LogP contribution in [0.4, 0.5) is 0 Å². The molecule has 0 aliphatic rings. The number of ether oxygens (including phenoxy) is 1. The fraction of sp³-hybridized carbons (Fsp3) is 0.875. The molecule has 0 aromatic carbocycles. The van der Waals surface area contributed by atoms with Crippen LogP contribution in [0.5, 0.6) is 0 Å². The normalized spacial score (nSPS) is 14.5. The van der Waals surface area contributed by atoms with Gasteiger partial charge in [-0.1, -0.05) is 26.2 Å². The van der Waals surface area contributed by atoms with Crippen LogP contribution in [0.25, 0.3) is 0 Å². The minimum absolute atomic E-state index is 0.0699. The van der Waals surface area contributed by atoms with E-state index in [2.05, 4.69) is 13.0 Å². The predicted octanol–water partition coefficient (Wildman–Crippen LogP) is 4.46. The smallest absolute Gasteiger partial charge is 0.306 e. The first kappa shape index (κ1) is 18.0. The van der Waals surface area contributed by atoms with E-state index in [1.807, 2.05) is 27.7 Å². The second-order valence-corrected chi connectivity index (χ2v) is 6.40. The van der Waals surface area contributed by atoms with E-state index in [4.69, 9.17) is 10.00 Å². The molecular weight excluding hydrogens is 238 g/mol. The van der Waals surface area contributed by atoms with Crippen molar-refractivity contribution in [3.05, 3.63) is 0 Å². The van der Waals surface area contributed by atoms with Crippen molar-refractivity contribution in [1.29, 1.82) is 5.26 Å². The molecular formula is C16H29NO2. The summed E-state index contributed by atoms with van der Waals surface area (Å²) in [5.74, 6) is 0.404. The Balaban J connectivity index is 4.18. The van der Waals surface area contributed by atoms with Crippen LogP contribution < -0.4 is 0 Å². The molecule has 0 fully saturated rings. The van der Waals surface area contributed by atoms with Crippen molar-refractivity contribution >= 4 is 5.97 Å². The van der Waals surface area contributed by atoms with Gasteiger partial charge in [0.25, 0.3) is 0 Å². The van der Waals surface area contributed by atoms with Crippen LogP contribution in [0.1, 0.15) is 73.1 Å². The summed E-state index contributed by atoms with van der Waals surface area (Å²) < 4.78 is 5.32. The van der Waals surface area contributed by atoms with Crippen LogP contribution in [-0.2, 0) is 9.53 Å². The Morgan fingerprint density at radius 3 is 2.42 bits per heavy atom. The third kappa shape index (κ3) is 10.6. The average Bonchev–Trinajstić information content (AvgIpc) is 2.30. The highest BCUT2D eigenvalue weighted by molar-refractivity contribution is 5.69. The van der Waals surface area contributed by atoms with Gasteiger partial charge in [-0.05, 0) is 46.5 Å². The first-order chi connectivity index (χ1) is 8.78. The summed E-state index contributed by atoms with van der Waals surface area (Å²) in [4.78, 5) is 11.7. The molecule has 2 atom stereocenters. The fourth-order valence-electron chi connectivity index (χ4n) is 2.14. The Kier molecular flexibility index (Phi) is 8.47. The second kappa shape index (κ2) is 8.96. The molecule has 2 unspecified atom stereocenters. The maximum absolute atomic E-state index is 11.7. The lowest BCUT2D eigenvalue weighted by Crippen LogP contribution is -2.24. The quantitative estimate of drug-likeness (QED) is 0.610. The summed E-state index contributed by atoms with van der Waals surface area (Å²) in [5.41, 5.74) is -0.407. The van der Waals surface area contributed by atoms with E-state index in [1.54, 1.807) is 0 Å². The highest BCUT2D eigenvalue weighted by atomic mass is 16.6.